The molecule has 2 aromatic carbocycles. The Bertz CT molecular complexity index is 758. The maximum atomic E-state index is 5.86. The van der Waals surface area contributed by atoms with Gasteiger partial charge < -0.3 is 10.5 Å². The summed E-state index contributed by atoms with van der Waals surface area (Å²) in [5, 5.41) is 1.10. The molecule has 0 aliphatic heterocycles. The van der Waals surface area contributed by atoms with E-state index in [1.54, 1.807) is 6.20 Å². The fraction of sp³-hybridized carbons (Fsp3) is 0.0625. The van der Waals surface area contributed by atoms with Crippen LogP contribution in [-0.4, -0.2) is 4.98 Å². The normalized spacial score (nSPS) is 10.7. The van der Waals surface area contributed by atoms with E-state index in [-0.39, 0.29) is 0 Å². The van der Waals surface area contributed by atoms with Crippen molar-refractivity contribution in [2.75, 3.05) is 0 Å². The van der Waals surface area contributed by atoms with Gasteiger partial charge in [0.25, 0.3) is 0 Å². The van der Waals surface area contributed by atoms with Crippen molar-refractivity contribution in [2.24, 2.45) is 5.73 Å². The molecule has 20 heavy (non-hydrogen) atoms. The molecule has 0 amide bonds. The number of fused-ring (bicyclic) bond motifs is 1. The van der Waals surface area contributed by atoms with Crippen LogP contribution < -0.4 is 10.5 Å². The van der Waals surface area contributed by atoms with Gasteiger partial charge in [-0.05, 0) is 35.9 Å². The third kappa shape index (κ3) is 2.66. The Morgan fingerprint density at radius 1 is 1.05 bits per heavy atom. The summed E-state index contributed by atoms with van der Waals surface area (Å²) in [6.45, 7) is 0.501. The molecule has 1 aromatic heterocycles. The number of rotatable bonds is 3. The van der Waals surface area contributed by atoms with Crippen molar-refractivity contribution in [1.29, 1.82) is 0 Å². The highest BCUT2D eigenvalue weighted by Gasteiger charge is 2.03. The molecule has 3 rings (SSSR count). The first kappa shape index (κ1) is 13.1. The Balaban J connectivity index is 1.90. The topological polar surface area (TPSA) is 48.1 Å². The van der Waals surface area contributed by atoms with Gasteiger partial charge in [0.2, 0.25) is 0 Å². The van der Waals surface area contributed by atoms with Crippen molar-refractivity contribution in [3.63, 3.8) is 0 Å². The van der Waals surface area contributed by atoms with Gasteiger partial charge in [-0.2, -0.15) is 0 Å². The Morgan fingerprint density at radius 3 is 2.65 bits per heavy atom. The van der Waals surface area contributed by atoms with Crippen molar-refractivity contribution in [3.8, 4) is 11.5 Å². The summed E-state index contributed by atoms with van der Waals surface area (Å²) in [4.78, 5) is 4.32. The standard InChI is InChI=1S/C16H13BrN2O/c17-15-8-13(6-4-12(15)10-18)20-14-5-3-11-2-1-7-19-16(11)9-14/h1-9H,10,18H2. The zero-order chi connectivity index (χ0) is 13.9. The molecule has 1 heterocycles. The first-order chi connectivity index (χ1) is 9.76. The van der Waals surface area contributed by atoms with Crippen LogP contribution >= 0.6 is 15.9 Å². The molecule has 0 unspecified atom stereocenters. The molecular weight excluding hydrogens is 316 g/mol. The lowest BCUT2D eigenvalue weighted by Crippen LogP contribution is -1.97. The Morgan fingerprint density at radius 2 is 1.85 bits per heavy atom. The largest absolute Gasteiger partial charge is 0.457 e. The average molecular weight is 329 g/mol. The second-order valence-corrected chi connectivity index (χ2v) is 5.27. The van der Waals surface area contributed by atoms with E-state index < -0.39 is 0 Å². The first-order valence-electron chi connectivity index (χ1n) is 6.27. The zero-order valence-corrected chi connectivity index (χ0v) is 12.3. The van der Waals surface area contributed by atoms with Crippen LogP contribution in [0.25, 0.3) is 10.9 Å². The predicted octanol–water partition coefficient (Wildman–Crippen LogP) is 4.25. The van der Waals surface area contributed by atoms with Gasteiger partial charge in [0, 0.05) is 28.7 Å². The molecule has 100 valence electrons. The lowest BCUT2D eigenvalue weighted by atomic mass is 10.2. The number of halogens is 1. The molecule has 0 saturated carbocycles. The molecule has 4 heteroatoms. The number of nitrogens with zero attached hydrogens (tertiary/aromatic N) is 1. The molecule has 0 atom stereocenters. The molecule has 0 fully saturated rings. The molecule has 3 nitrogen and oxygen atoms in total. The molecule has 0 aliphatic carbocycles. The maximum absolute atomic E-state index is 5.86. The van der Waals surface area contributed by atoms with Crippen LogP contribution in [0.5, 0.6) is 11.5 Å². The number of aromatic nitrogens is 1. The Hall–Kier alpha value is -1.91. The summed E-state index contributed by atoms with van der Waals surface area (Å²) in [6.07, 6.45) is 1.78. The molecule has 0 saturated heterocycles. The van der Waals surface area contributed by atoms with Gasteiger partial charge in [-0.1, -0.05) is 28.1 Å². The third-order valence-corrected chi connectivity index (χ3v) is 3.80. The molecule has 0 spiro atoms. The third-order valence-electron chi connectivity index (χ3n) is 3.06. The fourth-order valence-electron chi connectivity index (χ4n) is 2.00. The van der Waals surface area contributed by atoms with Crippen molar-refractivity contribution in [2.45, 2.75) is 6.54 Å². The summed E-state index contributed by atoms with van der Waals surface area (Å²) in [5.74, 6) is 1.54. The van der Waals surface area contributed by atoms with E-state index in [9.17, 15) is 0 Å². The summed E-state index contributed by atoms with van der Waals surface area (Å²) in [5.41, 5.74) is 7.61. The molecule has 0 bridgehead atoms. The number of pyridine rings is 1. The Labute approximate surface area is 125 Å². The van der Waals surface area contributed by atoms with Gasteiger partial charge in [-0.15, -0.1) is 0 Å². The lowest BCUT2D eigenvalue weighted by molar-refractivity contribution is 0.482. The van der Waals surface area contributed by atoms with Crippen LogP contribution in [-0.2, 0) is 6.54 Å². The average Bonchev–Trinajstić information content (AvgIpc) is 2.47. The summed E-state index contributed by atoms with van der Waals surface area (Å²) in [7, 11) is 0. The summed E-state index contributed by atoms with van der Waals surface area (Å²) >= 11 is 3.49. The van der Waals surface area contributed by atoms with Crippen LogP contribution in [0.4, 0.5) is 0 Å². The second kappa shape index (κ2) is 5.61. The first-order valence-corrected chi connectivity index (χ1v) is 7.07. The molecule has 3 aromatic rings. The lowest BCUT2D eigenvalue weighted by Gasteiger charge is -2.08. The molecule has 2 N–H and O–H groups in total. The van der Waals surface area contributed by atoms with E-state index in [0.717, 1.165) is 32.4 Å². The highest BCUT2D eigenvalue weighted by molar-refractivity contribution is 9.10. The minimum atomic E-state index is 0.501. The quantitative estimate of drug-likeness (QED) is 0.781. The molecular formula is C16H13BrN2O. The number of hydrogen-bond acceptors (Lipinski definition) is 3. The zero-order valence-electron chi connectivity index (χ0n) is 10.7. The second-order valence-electron chi connectivity index (χ2n) is 4.42. The van der Waals surface area contributed by atoms with Gasteiger partial charge in [-0.3, -0.25) is 4.98 Å². The monoisotopic (exact) mass is 328 g/mol. The summed E-state index contributed by atoms with van der Waals surface area (Å²) < 4.78 is 6.81. The molecule has 0 aliphatic rings. The smallest absolute Gasteiger partial charge is 0.129 e. The number of hydrogen-bond donors (Lipinski definition) is 1. The molecule has 0 radical (unpaired) electrons. The highest BCUT2D eigenvalue weighted by Crippen LogP contribution is 2.28. The minimum absolute atomic E-state index is 0.501. The SMILES string of the molecule is NCc1ccc(Oc2ccc3cccnc3c2)cc1Br. The number of ether oxygens (including phenoxy) is 1. The number of nitrogens with two attached hydrogens (primary N) is 1. The van der Waals surface area contributed by atoms with Crippen LogP contribution in [0.2, 0.25) is 0 Å². The van der Waals surface area contributed by atoms with Crippen molar-refractivity contribution in [1.82, 2.24) is 4.98 Å². The van der Waals surface area contributed by atoms with Crippen molar-refractivity contribution >= 4 is 26.8 Å². The Kier molecular flexibility index (Phi) is 3.67. The van der Waals surface area contributed by atoms with Crippen LogP contribution in [0.1, 0.15) is 5.56 Å². The maximum Gasteiger partial charge on any atom is 0.129 e. The van der Waals surface area contributed by atoms with Gasteiger partial charge in [0.1, 0.15) is 11.5 Å². The fourth-order valence-corrected chi connectivity index (χ4v) is 2.52. The van der Waals surface area contributed by atoms with E-state index >= 15 is 0 Å². The van der Waals surface area contributed by atoms with Crippen molar-refractivity contribution < 1.29 is 4.74 Å². The van der Waals surface area contributed by atoms with Crippen LogP contribution in [0.3, 0.4) is 0 Å². The van der Waals surface area contributed by atoms with E-state index in [4.69, 9.17) is 10.5 Å². The minimum Gasteiger partial charge on any atom is -0.457 e. The van der Waals surface area contributed by atoms with Gasteiger partial charge in [0.15, 0.2) is 0 Å². The highest BCUT2D eigenvalue weighted by atomic mass is 79.9. The van der Waals surface area contributed by atoms with Crippen LogP contribution in [0.15, 0.2) is 59.2 Å². The van der Waals surface area contributed by atoms with Gasteiger partial charge in [-0.25, -0.2) is 0 Å². The van der Waals surface area contributed by atoms with Gasteiger partial charge >= 0.3 is 0 Å². The van der Waals surface area contributed by atoms with E-state index in [0.29, 0.717) is 6.54 Å². The van der Waals surface area contributed by atoms with E-state index in [1.165, 1.54) is 0 Å². The van der Waals surface area contributed by atoms with Gasteiger partial charge in [0.05, 0.1) is 5.52 Å². The summed E-state index contributed by atoms with van der Waals surface area (Å²) in [6, 6.07) is 15.6. The predicted molar refractivity (Wildman–Crippen MR) is 83.9 cm³/mol. The van der Waals surface area contributed by atoms with Crippen LogP contribution in [0, 0.1) is 0 Å². The van der Waals surface area contributed by atoms with E-state index in [1.807, 2.05) is 48.5 Å². The number of benzene rings is 2. The van der Waals surface area contributed by atoms with E-state index in [2.05, 4.69) is 20.9 Å². The van der Waals surface area contributed by atoms with Crippen molar-refractivity contribution in [3.05, 3.63) is 64.8 Å².